The molecule has 0 unspecified atom stereocenters. The quantitative estimate of drug-likeness (QED) is 0.632. The SMILES string of the molecule is CN(C)C(=O)[C@H]1CC(=O)c2ccccc2/C1=C\CCCCl. The lowest BCUT2D eigenvalue weighted by Gasteiger charge is -2.28. The molecule has 0 radical (unpaired) electrons. The molecule has 4 heteroatoms. The van der Waals surface area contributed by atoms with Crippen LogP contribution in [0.4, 0.5) is 0 Å². The van der Waals surface area contributed by atoms with Crippen molar-refractivity contribution in [1.29, 1.82) is 0 Å². The molecule has 1 atom stereocenters. The second kappa shape index (κ2) is 6.90. The number of ketones is 1. The van der Waals surface area contributed by atoms with Gasteiger partial charge in [-0.25, -0.2) is 0 Å². The number of hydrogen-bond acceptors (Lipinski definition) is 2. The van der Waals surface area contributed by atoms with Crippen molar-refractivity contribution in [2.75, 3.05) is 20.0 Å². The predicted octanol–water partition coefficient (Wildman–Crippen LogP) is 3.38. The summed E-state index contributed by atoms with van der Waals surface area (Å²) in [5.74, 6) is 0.240. The van der Waals surface area contributed by atoms with Gasteiger partial charge < -0.3 is 4.90 Å². The summed E-state index contributed by atoms with van der Waals surface area (Å²) in [6, 6.07) is 7.53. The summed E-state index contributed by atoms with van der Waals surface area (Å²) in [5.41, 5.74) is 2.58. The molecule has 21 heavy (non-hydrogen) atoms. The first-order valence-electron chi connectivity index (χ1n) is 7.16. The van der Waals surface area contributed by atoms with Crippen molar-refractivity contribution in [3.63, 3.8) is 0 Å². The van der Waals surface area contributed by atoms with E-state index in [0.29, 0.717) is 5.88 Å². The fourth-order valence-electron chi connectivity index (χ4n) is 2.69. The molecular formula is C17H20ClNO2. The summed E-state index contributed by atoms with van der Waals surface area (Å²) >= 11 is 5.73. The number of nitrogens with zero attached hydrogens (tertiary/aromatic N) is 1. The van der Waals surface area contributed by atoms with Crippen LogP contribution in [0.5, 0.6) is 0 Å². The van der Waals surface area contributed by atoms with Crippen molar-refractivity contribution in [3.8, 4) is 0 Å². The molecule has 0 fully saturated rings. The maximum absolute atomic E-state index is 12.4. The molecule has 1 aromatic rings. The van der Waals surface area contributed by atoms with Crippen molar-refractivity contribution in [2.24, 2.45) is 5.92 Å². The van der Waals surface area contributed by atoms with E-state index in [-0.39, 0.29) is 24.0 Å². The number of carbonyl (C=O) groups is 2. The van der Waals surface area contributed by atoms with Gasteiger partial charge in [-0.3, -0.25) is 9.59 Å². The average molecular weight is 306 g/mol. The molecule has 0 aliphatic heterocycles. The van der Waals surface area contributed by atoms with Gasteiger partial charge in [-0.1, -0.05) is 30.3 Å². The lowest BCUT2D eigenvalue weighted by atomic mass is 9.77. The standard InChI is InChI=1S/C17H20ClNO2/c1-19(2)17(21)15-11-16(20)14-9-4-3-7-12(14)13(15)8-5-6-10-18/h3-4,7-9,15H,5-6,10-11H2,1-2H3/b13-8+/t15-/m0/s1. The molecule has 3 nitrogen and oxygen atoms in total. The largest absolute Gasteiger partial charge is 0.348 e. The van der Waals surface area contributed by atoms with Crippen LogP contribution in [0.3, 0.4) is 0 Å². The van der Waals surface area contributed by atoms with Gasteiger partial charge in [0.05, 0.1) is 5.92 Å². The molecule has 1 aliphatic rings. The number of alkyl halides is 1. The van der Waals surface area contributed by atoms with Gasteiger partial charge in [0.1, 0.15) is 0 Å². The Bertz CT molecular complexity index is 578. The molecule has 0 saturated carbocycles. The van der Waals surface area contributed by atoms with Crippen LogP contribution in [-0.2, 0) is 4.79 Å². The summed E-state index contributed by atoms with van der Waals surface area (Å²) in [6.07, 6.45) is 4.00. The van der Waals surface area contributed by atoms with Crippen molar-refractivity contribution in [2.45, 2.75) is 19.3 Å². The minimum atomic E-state index is -0.377. The number of unbranched alkanes of at least 4 members (excludes halogenated alkanes) is 1. The number of Topliss-reactive ketones (excluding diaryl/α,β-unsaturated/α-hetero) is 1. The van der Waals surface area contributed by atoms with Crippen LogP contribution in [0.2, 0.25) is 0 Å². The number of fused-ring (bicyclic) bond motifs is 1. The van der Waals surface area contributed by atoms with Gasteiger partial charge in [0, 0.05) is 32.0 Å². The lowest BCUT2D eigenvalue weighted by molar-refractivity contribution is -0.131. The molecule has 0 N–H and O–H groups in total. The molecule has 0 aromatic heterocycles. The Kier molecular flexibility index (Phi) is 5.18. The number of halogens is 1. The predicted molar refractivity (Wildman–Crippen MR) is 85.5 cm³/mol. The molecule has 1 aromatic carbocycles. The number of benzene rings is 1. The van der Waals surface area contributed by atoms with Gasteiger partial charge in [-0.05, 0) is 24.0 Å². The van der Waals surface area contributed by atoms with E-state index in [1.165, 1.54) is 0 Å². The second-order valence-electron chi connectivity index (χ2n) is 5.45. The van der Waals surface area contributed by atoms with Crippen LogP contribution >= 0.6 is 11.6 Å². The Balaban J connectivity index is 2.45. The van der Waals surface area contributed by atoms with Crippen molar-refractivity contribution in [1.82, 2.24) is 4.90 Å². The molecule has 0 saturated heterocycles. The van der Waals surface area contributed by atoms with Gasteiger partial charge in [0.25, 0.3) is 0 Å². The summed E-state index contributed by atoms with van der Waals surface area (Å²) < 4.78 is 0. The lowest BCUT2D eigenvalue weighted by Crippen LogP contribution is -2.34. The summed E-state index contributed by atoms with van der Waals surface area (Å²) in [7, 11) is 3.45. The van der Waals surface area contributed by atoms with Crippen LogP contribution in [0.15, 0.2) is 30.3 Å². The van der Waals surface area contributed by atoms with E-state index in [1.54, 1.807) is 19.0 Å². The third-order valence-electron chi connectivity index (χ3n) is 3.74. The first-order chi connectivity index (χ1) is 10.1. The Morgan fingerprint density at radius 3 is 2.62 bits per heavy atom. The minimum Gasteiger partial charge on any atom is -0.348 e. The molecule has 0 spiro atoms. The van der Waals surface area contributed by atoms with Gasteiger partial charge >= 0.3 is 0 Å². The average Bonchev–Trinajstić information content (AvgIpc) is 2.48. The fraction of sp³-hybridized carbons (Fsp3) is 0.412. The van der Waals surface area contributed by atoms with E-state index in [4.69, 9.17) is 11.6 Å². The normalized spacial score (nSPS) is 19.5. The molecule has 112 valence electrons. The molecule has 1 amide bonds. The van der Waals surface area contributed by atoms with E-state index in [9.17, 15) is 9.59 Å². The monoisotopic (exact) mass is 305 g/mol. The Labute approximate surface area is 130 Å². The number of hydrogen-bond donors (Lipinski definition) is 0. The Hall–Kier alpha value is -1.61. The number of carbonyl (C=O) groups excluding carboxylic acids is 2. The second-order valence-corrected chi connectivity index (χ2v) is 5.83. The highest BCUT2D eigenvalue weighted by Crippen LogP contribution is 2.36. The van der Waals surface area contributed by atoms with Crippen LogP contribution < -0.4 is 0 Å². The zero-order valence-electron chi connectivity index (χ0n) is 12.4. The molecular weight excluding hydrogens is 286 g/mol. The third-order valence-corrected chi connectivity index (χ3v) is 4.01. The smallest absolute Gasteiger partial charge is 0.230 e. The molecule has 2 rings (SSSR count). The van der Waals surface area contributed by atoms with Crippen molar-refractivity contribution < 1.29 is 9.59 Å². The number of amides is 1. The van der Waals surface area contributed by atoms with Gasteiger partial charge in [-0.2, -0.15) is 0 Å². The van der Waals surface area contributed by atoms with Crippen LogP contribution in [0, 0.1) is 5.92 Å². The van der Waals surface area contributed by atoms with E-state index in [2.05, 4.69) is 6.08 Å². The molecule has 0 heterocycles. The fourth-order valence-corrected chi connectivity index (χ4v) is 2.84. The van der Waals surface area contributed by atoms with Crippen molar-refractivity contribution in [3.05, 3.63) is 41.5 Å². The summed E-state index contributed by atoms with van der Waals surface area (Å²) in [5, 5.41) is 0. The van der Waals surface area contributed by atoms with Crippen molar-refractivity contribution >= 4 is 28.9 Å². The number of rotatable bonds is 4. The first kappa shape index (κ1) is 15.8. The summed E-state index contributed by atoms with van der Waals surface area (Å²) in [4.78, 5) is 26.2. The highest BCUT2D eigenvalue weighted by molar-refractivity contribution is 6.17. The molecule has 0 bridgehead atoms. The third kappa shape index (κ3) is 3.35. The highest BCUT2D eigenvalue weighted by Gasteiger charge is 2.34. The molecule has 1 aliphatic carbocycles. The zero-order chi connectivity index (χ0) is 15.4. The summed E-state index contributed by atoms with van der Waals surface area (Å²) in [6.45, 7) is 0. The zero-order valence-corrected chi connectivity index (χ0v) is 13.2. The van der Waals surface area contributed by atoms with E-state index < -0.39 is 0 Å². The van der Waals surface area contributed by atoms with E-state index in [0.717, 1.165) is 29.5 Å². The Morgan fingerprint density at radius 1 is 1.33 bits per heavy atom. The van der Waals surface area contributed by atoms with Gasteiger partial charge in [0.2, 0.25) is 5.91 Å². The van der Waals surface area contributed by atoms with Crippen LogP contribution in [0.1, 0.15) is 35.2 Å². The van der Waals surface area contributed by atoms with Crippen LogP contribution in [-0.4, -0.2) is 36.6 Å². The maximum atomic E-state index is 12.4. The van der Waals surface area contributed by atoms with Gasteiger partial charge in [0.15, 0.2) is 5.78 Å². The van der Waals surface area contributed by atoms with E-state index >= 15 is 0 Å². The Morgan fingerprint density at radius 2 is 2.00 bits per heavy atom. The van der Waals surface area contributed by atoms with Gasteiger partial charge in [-0.15, -0.1) is 11.6 Å². The maximum Gasteiger partial charge on any atom is 0.230 e. The highest BCUT2D eigenvalue weighted by atomic mass is 35.5. The van der Waals surface area contributed by atoms with E-state index in [1.807, 2.05) is 24.3 Å². The number of allylic oxidation sites excluding steroid dienone is 1. The topological polar surface area (TPSA) is 37.4 Å². The minimum absolute atomic E-state index is 0.0185. The van der Waals surface area contributed by atoms with Crippen LogP contribution in [0.25, 0.3) is 5.57 Å². The first-order valence-corrected chi connectivity index (χ1v) is 7.69.